The number of carboxylic acid groups (broad SMARTS) is 1. The summed E-state index contributed by atoms with van der Waals surface area (Å²) in [5.74, 6) is -1.32. The molecule has 0 radical (unpaired) electrons. The molecule has 0 aromatic heterocycles. The molecule has 2 aromatic rings. The van der Waals surface area contributed by atoms with Crippen molar-refractivity contribution in [1.82, 2.24) is 9.80 Å². The first-order valence-corrected chi connectivity index (χ1v) is 8.38. The molecule has 2 aromatic carbocycles. The third-order valence-electron chi connectivity index (χ3n) is 4.87. The van der Waals surface area contributed by atoms with Gasteiger partial charge in [-0.25, -0.2) is 9.18 Å². The van der Waals surface area contributed by atoms with Crippen LogP contribution in [0.3, 0.4) is 0 Å². The summed E-state index contributed by atoms with van der Waals surface area (Å²) >= 11 is 0. The first-order chi connectivity index (χ1) is 13.0. The van der Waals surface area contributed by atoms with Gasteiger partial charge in [0, 0.05) is 13.1 Å². The maximum atomic E-state index is 13.3. The van der Waals surface area contributed by atoms with E-state index in [1.807, 2.05) is 0 Å². The summed E-state index contributed by atoms with van der Waals surface area (Å²) in [7, 11) is 0. The summed E-state index contributed by atoms with van der Waals surface area (Å²) in [5.41, 5.74) is 1.87. The van der Waals surface area contributed by atoms with Crippen molar-refractivity contribution >= 4 is 23.5 Å². The second kappa shape index (κ2) is 6.35. The maximum absolute atomic E-state index is 13.3. The molecule has 0 aliphatic carbocycles. The van der Waals surface area contributed by atoms with Crippen molar-refractivity contribution < 1.29 is 23.9 Å². The van der Waals surface area contributed by atoms with Crippen molar-refractivity contribution in [3.8, 4) is 0 Å². The monoisotopic (exact) mass is 366 g/mol. The van der Waals surface area contributed by atoms with E-state index < -0.39 is 29.8 Å². The number of nitrogens with zero attached hydrogens (tertiary/aromatic N) is 2. The highest BCUT2D eigenvalue weighted by molar-refractivity contribution is 6.22. The highest BCUT2D eigenvalue weighted by Crippen LogP contribution is 2.33. The van der Waals surface area contributed by atoms with E-state index in [1.54, 1.807) is 42.5 Å². The van der Waals surface area contributed by atoms with Gasteiger partial charge in [-0.2, -0.15) is 0 Å². The van der Waals surface area contributed by atoms with Gasteiger partial charge in [0.2, 0.25) is 0 Å². The number of hydrogen-bond acceptors (Lipinski definition) is 3. The Morgan fingerprint density at radius 1 is 1.00 bits per heavy atom. The van der Waals surface area contributed by atoms with Crippen LogP contribution in [0.4, 0.5) is 9.18 Å². The van der Waals surface area contributed by atoms with Crippen LogP contribution >= 0.6 is 0 Å². The van der Waals surface area contributed by atoms with E-state index in [2.05, 4.69) is 0 Å². The second-order valence-corrected chi connectivity index (χ2v) is 6.40. The predicted octanol–water partition coefficient (Wildman–Crippen LogP) is 2.87. The summed E-state index contributed by atoms with van der Waals surface area (Å²) < 4.78 is 13.3. The number of fused-ring (bicyclic) bond motifs is 1. The number of benzene rings is 2. The molecule has 1 unspecified atom stereocenters. The largest absolute Gasteiger partial charge is 0.465 e. The van der Waals surface area contributed by atoms with Crippen LogP contribution in [0, 0.1) is 5.82 Å². The number of amides is 3. The molecule has 2 heterocycles. The molecular formula is C20H15FN2O4. The average Bonchev–Trinajstić information content (AvgIpc) is 2.93. The Hall–Kier alpha value is -3.48. The van der Waals surface area contributed by atoms with Gasteiger partial charge in [-0.1, -0.05) is 30.3 Å². The van der Waals surface area contributed by atoms with Crippen LogP contribution in [0.5, 0.6) is 0 Å². The van der Waals surface area contributed by atoms with Crippen molar-refractivity contribution in [2.45, 2.75) is 6.04 Å². The van der Waals surface area contributed by atoms with Gasteiger partial charge in [-0.05, 0) is 35.4 Å². The number of hydrogen-bond donors (Lipinski definition) is 1. The normalized spacial score (nSPS) is 19.1. The van der Waals surface area contributed by atoms with Gasteiger partial charge in [-0.15, -0.1) is 0 Å². The van der Waals surface area contributed by atoms with E-state index in [0.29, 0.717) is 22.3 Å². The zero-order valence-corrected chi connectivity index (χ0v) is 14.1. The Labute approximate surface area is 154 Å². The first-order valence-electron chi connectivity index (χ1n) is 8.38. The minimum Gasteiger partial charge on any atom is -0.465 e. The van der Waals surface area contributed by atoms with Gasteiger partial charge < -0.3 is 10.0 Å². The van der Waals surface area contributed by atoms with Crippen LogP contribution in [0.1, 0.15) is 26.3 Å². The minimum atomic E-state index is -1.13. The maximum Gasteiger partial charge on any atom is 0.407 e. The average molecular weight is 366 g/mol. The molecule has 1 atom stereocenters. The predicted molar refractivity (Wildman–Crippen MR) is 94.7 cm³/mol. The zero-order chi connectivity index (χ0) is 19.1. The lowest BCUT2D eigenvalue weighted by Gasteiger charge is -2.36. The lowest BCUT2D eigenvalue weighted by molar-refractivity contribution is 0.0582. The molecule has 1 N–H and O–H groups in total. The van der Waals surface area contributed by atoms with Gasteiger partial charge >= 0.3 is 6.09 Å². The van der Waals surface area contributed by atoms with Crippen molar-refractivity contribution in [3.63, 3.8) is 0 Å². The van der Waals surface area contributed by atoms with Crippen molar-refractivity contribution in [1.29, 1.82) is 0 Å². The summed E-state index contributed by atoms with van der Waals surface area (Å²) in [6, 6.07) is 11.4. The number of halogens is 1. The molecule has 136 valence electrons. The molecule has 0 bridgehead atoms. The van der Waals surface area contributed by atoms with Gasteiger partial charge in [0.1, 0.15) is 5.82 Å². The first kappa shape index (κ1) is 17.0. The summed E-state index contributed by atoms with van der Waals surface area (Å²) in [6.07, 6.45) is 0.532. The number of rotatable bonds is 2. The Balaban J connectivity index is 1.78. The molecule has 6 nitrogen and oxygen atoms in total. The van der Waals surface area contributed by atoms with E-state index in [4.69, 9.17) is 0 Å². The van der Waals surface area contributed by atoms with Gasteiger partial charge in [0.25, 0.3) is 11.8 Å². The Bertz CT molecular complexity index is 949. The van der Waals surface area contributed by atoms with Crippen LogP contribution in [-0.2, 0) is 0 Å². The van der Waals surface area contributed by atoms with E-state index >= 15 is 0 Å². The molecule has 0 saturated carbocycles. The van der Waals surface area contributed by atoms with Crippen molar-refractivity contribution in [2.24, 2.45) is 0 Å². The Kier molecular flexibility index (Phi) is 3.99. The molecule has 27 heavy (non-hydrogen) atoms. The van der Waals surface area contributed by atoms with Crippen LogP contribution < -0.4 is 0 Å². The second-order valence-electron chi connectivity index (χ2n) is 6.40. The van der Waals surface area contributed by atoms with Gasteiger partial charge in [-0.3, -0.25) is 14.5 Å². The smallest absolute Gasteiger partial charge is 0.407 e. The van der Waals surface area contributed by atoms with Crippen molar-refractivity contribution in [2.75, 3.05) is 13.1 Å². The zero-order valence-electron chi connectivity index (χ0n) is 14.1. The molecule has 0 fully saturated rings. The Morgan fingerprint density at radius 2 is 1.59 bits per heavy atom. The summed E-state index contributed by atoms with van der Waals surface area (Å²) in [6.45, 7) is 0.0890. The minimum absolute atomic E-state index is 0.0377. The number of imide groups is 1. The van der Waals surface area contributed by atoms with Crippen LogP contribution in [0.2, 0.25) is 0 Å². The van der Waals surface area contributed by atoms with Crippen LogP contribution in [-0.4, -0.2) is 51.9 Å². The van der Waals surface area contributed by atoms with E-state index in [0.717, 1.165) is 9.80 Å². The fourth-order valence-electron chi connectivity index (χ4n) is 3.55. The van der Waals surface area contributed by atoms with E-state index in [1.165, 1.54) is 12.1 Å². The molecule has 3 amide bonds. The van der Waals surface area contributed by atoms with Gasteiger partial charge in [0.15, 0.2) is 0 Å². The fraction of sp³-hybridized carbons (Fsp3) is 0.150. The quantitative estimate of drug-likeness (QED) is 0.829. The molecular weight excluding hydrogens is 351 g/mol. The molecule has 7 heteroatoms. The standard InChI is InChI=1S/C20H15FN2O4/c21-13-7-5-12(6-8-13)14-9-10-22(20(26)27)11-17(14)23-18(24)15-3-1-2-4-16(15)19(23)25/h1-9,17H,10-11H2,(H,26,27). The topological polar surface area (TPSA) is 77.9 Å². The highest BCUT2D eigenvalue weighted by atomic mass is 19.1. The summed E-state index contributed by atoms with van der Waals surface area (Å²) in [5, 5.41) is 9.36. The Morgan fingerprint density at radius 3 is 2.15 bits per heavy atom. The SMILES string of the molecule is O=C(O)N1CC=C(c2ccc(F)cc2)C(N2C(=O)c3ccccc3C2=O)C1. The molecule has 2 aliphatic heterocycles. The highest BCUT2D eigenvalue weighted by Gasteiger charge is 2.43. The van der Waals surface area contributed by atoms with Crippen LogP contribution in [0.25, 0.3) is 5.57 Å². The molecule has 2 aliphatic rings. The number of carbonyl (C=O) groups excluding carboxylic acids is 2. The van der Waals surface area contributed by atoms with Gasteiger partial charge in [0.05, 0.1) is 17.2 Å². The molecule has 0 saturated heterocycles. The van der Waals surface area contributed by atoms with E-state index in [9.17, 15) is 23.9 Å². The van der Waals surface area contributed by atoms with Crippen LogP contribution in [0.15, 0.2) is 54.6 Å². The fourth-order valence-corrected chi connectivity index (χ4v) is 3.55. The lowest BCUT2D eigenvalue weighted by atomic mass is 9.93. The lowest BCUT2D eigenvalue weighted by Crippen LogP contribution is -2.51. The molecule has 0 spiro atoms. The van der Waals surface area contributed by atoms with E-state index in [-0.39, 0.29) is 13.1 Å². The molecule has 4 rings (SSSR count). The van der Waals surface area contributed by atoms with Crippen molar-refractivity contribution in [3.05, 3.63) is 77.1 Å². The third-order valence-corrected chi connectivity index (χ3v) is 4.87. The number of carbonyl (C=O) groups is 3. The third kappa shape index (κ3) is 2.77. The summed E-state index contributed by atoms with van der Waals surface area (Å²) in [4.78, 5) is 39.4.